The van der Waals surface area contributed by atoms with Crippen LogP contribution in [0.4, 0.5) is 0 Å². The number of rotatable bonds is 7. The second kappa shape index (κ2) is 7.66. The van der Waals surface area contributed by atoms with Crippen molar-refractivity contribution in [1.29, 1.82) is 0 Å². The summed E-state index contributed by atoms with van der Waals surface area (Å²) >= 11 is 1.82. The highest BCUT2D eigenvalue weighted by Gasteiger charge is 2.12. The summed E-state index contributed by atoms with van der Waals surface area (Å²) in [6.07, 6.45) is 3.36. The van der Waals surface area contributed by atoms with E-state index in [1.807, 2.05) is 25.2 Å². The van der Waals surface area contributed by atoms with E-state index in [1.165, 1.54) is 16.1 Å². The van der Waals surface area contributed by atoms with E-state index < -0.39 is 0 Å². The molecule has 0 radical (unpaired) electrons. The maximum atomic E-state index is 4.88. The van der Waals surface area contributed by atoms with Gasteiger partial charge in [0.15, 0.2) is 0 Å². The average Bonchev–Trinajstić information content (AvgIpc) is 2.82. The number of thiazole rings is 1. The van der Waals surface area contributed by atoms with E-state index in [1.54, 1.807) is 0 Å². The summed E-state index contributed by atoms with van der Waals surface area (Å²) in [5.74, 6) is 0. The number of nitrogens with one attached hydrogen (secondary N) is 1. The Kier molecular flexibility index (Phi) is 5.88. The SMILES string of the molecule is CCCNCc1sc(-c2cc(C)nc(C)c2)nc1CCC. The fourth-order valence-corrected chi connectivity index (χ4v) is 3.48. The van der Waals surface area contributed by atoms with Crippen LogP contribution in [0.2, 0.25) is 0 Å². The van der Waals surface area contributed by atoms with Crippen LogP contribution in [0.5, 0.6) is 0 Å². The molecule has 3 nitrogen and oxygen atoms in total. The predicted molar refractivity (Wildman–Crippen MR) is 90.8 cm³/mol. The van der Waals surface area contributed by atoms with Gasteiger partial charge < -0.3 is 5.32 Å². The van der Waals surface area contributed by atoms with Gasteiger partial charge in [-0.25, -0.2) is 4.98 Å². The Morgan fingerprint density at radius 3 is 2.38 bits per heavy atom. The van der Waals surface area contributed by atoms with Crippen molar-refractivity contribution in [3.8, 4) is 10.6 Å². The first-order valence-corrected chi connectivity index (χ1v) is 8.60. The van der Waals surface area contributed by atoms with Crippen LogP contribution in [0, 0.1) is 13.8 Å². The zero-order valence-corrected chi connectivity index (χ0v) is 14.3. The van der Waals surface area contributed by atoms with Crippen LogP contribution in [-0.2, 0) is 13.0 Å². The van der Waals surface area contributed by atoms with E-state index in [-0.39, 0.29) is 0 Å². The van der Waals surface area contributed by atoms with E-state index in [4.69, 9.17) is 4.98 Å². The van der Waals surface area contributed by atoms with Crippen molar-refractivity contribution in [3.05, 3.63) is 34.1 Å². The molecule has 0 fully saturated rings. The van der Waals surface area contributed by atoms with Gasteiger partial charge in [-0.1, -0.05) is 20.3 Å². The van der Waals surface area contributed by atoms with Gasteiger partial charge in [0.25, 0.3) is 0 Å². The third-order valence-corrected chi connectivity index (χ3v) is 4.45. The minimum absolute atomic E-state index is 0.934. The summed E-state index contributed by atoms with van der Waals surface area (Å²) in [5, 5.41) is 4.62. The van der Waals surface area contributed by atoms with E-state index in [9.17, 15) is 0 Å². The second-order valence-electron chi connectivity index (χ2n) is 5.45. The van der Waals surface area contributed by atoms with Crippen molar-refractivity contribution in [2.75, 3.05) is 6.54 Å². The average molecular weight is 303 g/mol. The molecule has 21 heavy (non-hydrogen) atoms. The van der Waals surface area contributed by atoms with Crippen molar-refractivity contribution >= 4 is 11.3 Å². The molecule has 2 heterocycles. The molecule has 0 aromatic carbocycles. The quantitative estimate of drug-likeness (QED) is 0.776. The summed E-state index contributed by atoms with van der Waals surface area (Å²) in [5.41, 5.74) is 4.57. The molecule has 0 saturated heterocycles. The summed E-state index contributed by atoms with van der Waals surface area (Å²) in [4.78, 5) is 10.7. The molecule has 0 atom stereocenters. The maximum absolute atomic E-state index is 4.88. The molecule has 0 unspecified atom stereocenters. The van der Waals surface area contributed by atoms with Crippen LogP contribution in [0.15, 0.2) is 12.1 Å². The standard InChI is InChI=1S/C17H25N3S/c1-5-7-15-16(11-18-8-6-2)21-17(20-15)14-9-12(3)19-13(4)10-14/h9-10,18H,5-8,11H2,1-4H3. The molecular formula is C17H25N3S. The molecule has 0 amide bonds. The first-order chi connectivity index (χ1) is 10.1. The second-order valence-corrected chi connectivity index (χ2v) is 6.54. The van der Waals surface area contributed by atoms with E-state index in [2.05, 4.69) is 36.3 Å². The summed E-state index contributed by atoms with van der Waals surface area (Å²) < 4.78 is 0. The van der Waals surface area contributed by atoms with Crippen LogP contribution in [0.3, 0.4) is 0 Å². The number of nitrogens with zero attached hydrogens (tertiary/aromatic N) is 2. The van der Waals surface area contributed by atoms with Crippen molar-refractivity contribution in [1.82, 2.24) is 15.3 Å². The molecule has 0 bridgehead atoms. The van der Waals surface area contributed by atoms with E-state index in [0.717, 1.165) is 48.7 Å². The lowest BCUT2D eigenvalue weighted by molar-refractivity contribution is 0.674. The van der Waals surface area contributed by atoms with Gasteiger partial charge in [-0.3, -0.25) is 4.98 Å². The number of hydrogen-bond acceptors (Lipinski definition) is 4. The number of aromatic nitrogens is 2. The number of aryl methyl sites for hydroxylation is 3. The Morgan fingerprint density at radius 2 is 1.76 bits per heavy atom. The lowest BCUT2D eigenvalue weighted by atomic mass is 10.2. The van der Waals surface area contributed by atoms with Crippen molar-refractivity contribution in [2.24, 2.45) is 0 Å². The Bertz CT molecular complexity index is 569. The largest absolute Gasteiger partial charge is 0.312 e. The van der Waals surface area contributed by atoms with Gasteiger partial charge in [-0.05, 0) is 45.4 Å². The predicted octanol–water partition coefficient (Wildman–Crippen LogP) is 4.27. The molecule has 0 aliphatic rings. The Hall–Kier alpha value is -1.26. The molecular weight excluding hydrogens is 278 g/mol. The first kappa shape index (κ1) is 16.1. The lowest BCUT2D eigenvalue weighted by Crippen LogP contribution is -2.13. The van der Waals surface area contributed by atoms with Crippen LogP contribution in [0.25, 0.3) is 10.6 Å². The fraction of sp³-hybridized carbons (Fsp3) is 0.529. The van der Waals surface area contributed by atoms with Crippen molar-refractivity contribution in [3.63, 3.8) is 0 Å². The smallest absolute Gasteiger partial charge is 0.124 e. The highest BCUT2D eigenvalue weighted by atomic mass is 32.1. The topological polar surface area (TPSA) is 37.8 Å². The van der Waals surface area contributed by atoms with E-state index in [0.29, 0.717) is 0 Å². The minimum atomic E-state index is 0.934. The molecule has 0 aliphatic heterocycles. The normalized spacial score (nSPS) is 11.0. The third-order valence-electron chi connectivity index (χ3n) is 3.31. The van der Waals surface area contributed by atoms with Crippen molar-refractivity contribution in [2.45, 2.75) is 53.5 Å². The van der Waals surface area contributed by atoms with Crippen LogP contribution < -0.4 is 5.32 Å². The molecule has 1 N–H and O–H groups in total. The van der Waals surface area contributed by atoms with Crippen LogP contribution in [0.1, 0.15) is 48.6 Å². The fourth-order valence-electron chi connectivity index (χ4n) is 2.41. The minimum Gasteiger partial charge on any atom is -0.312 e. The van der Waals surface area contributed by atoms with Crippen LogP contribution >= 0.6 is 11.3 Å². The van der Waals surface area contributed by atoms with Gasteiger partial charge >= 0.3 is 0 Å². The molecule has 2 aromatic heterocycles. The van der Waals surface area contributed by atoms with Crippen molar-refractivity contribution < 1.29 is 0 Å². The highest BCUT2D eigenvalue weighted by Crippen LogP contribution is 2.29. The Morgan fingerprint density at radius 1 is 1.05 bits per heavy atom. The number of hydrogen-bond donors (Lipinski definition) is 1. The molecule has 2 aromatic rings. The molecule has 0 aliphatic carbocycles. The maximum Gasteiger partial charge on any atom is 0.124 e. The molecule has 114 valence electrons. The Labute approximate surface area is 131 Å². The van der Waals surface area contributed by atoms with Gasteiger partial charge in [0.2, 0.25) is 0 Å². The number of pyridine rings is 1. The molecule has 0 spiro atoms. The summed E-state index contributed by atoms with van der Waals surface area (Å²) in [6, 6.07) is 4.26. The Balaban J connectivity index is 2.29. The van der Waals surface area contributed by atoms with Gasteiger partial charge in [0, 0.05) is 28.4 Å². The summed E-state index contributed by atoms with van der Waals surface area (Å²) in [6.45, 7) is 10.5. The first-order valence-electron chi connectivity index (χ1n) is 7.79. The lowest BCUT2D eigenvalue weighted by Gasteiger charge is -2.02. The zero-order chi connectivity index (χ0) is 15.2. The van der Waals surface area contributed by atoms with Gasteiger partial charge in [0.05, 0.1) is 5.69 Å². The van der Waals surface area contributed by atoms with E-state index >= 15 is 0 Å². The van der Waals surface area contributed by atoms with Gasteiger partial charge in [-0.15, -0.1) is 11.3 Å². The molecule has 4 heteroatoms. The molecule has 2 rings (SSSR count). The summed E-state index contributed by atoms with van der Waals surface area (Å²) in [7, 11) is 0. The zero-order valence-electron chi connectivity index (χ0n) is 13.5. The highest BCUT2D eigenvalue weighted by molar-refractivity contribution is 7.15. The van der Waals surface area contributed by atoms with Crippen LogP contribution in [-0.4, -0.2) is 16.5 Å². The molecule has 0 saturated carbocycles. The van der Waals surface area contributed by atoms with Gasteiger partial charge in [-0.2, -0.15) is 0 Å². The third kappa shape index (κ3) is 4.35. The van der Waals surface area contributed by atoms with Gasteiger partial charge in [0.1, 0.15) is 5.01 Å². The monoisotopic (exact) mass is 303 g/mol.